The number of urea groups is 1. The van der Waals surface area contributed by atoms with Crippen LogP contribution in [-0.2, 0) is 13.1 Å². The van der Waals surface area contributed by atoms with Crippen LogP contribution in [0.1, 0.15) is 38.8 Å². The fourth-order valence-electron chi connectivity index (χ4n) is 2.36. The molecule has 0 saturated heterocycles. The van der Waals surface area contributed by atoms with E-state index in [4.69, 9.17) is 9.47 Å². The van der Waals surface area contributed by atoms with Crippen molar-refractivity contribution >= 4 is 6.03 Å². The summed E-state index contributed by atoms with van der Waals surface area (Å²) in [4.78, 5) is 12.0. The fraction of sp³-hybridized carbons (Fsp3) is 0.435. The first-order valence-electron chi connectivity index (χ1n) is 9.87. The second-order valence-electron chi connectivity index (χ2n) is 7.73. The van der Waals surface area contributed by atoms with E-state index in [1.165, 1.54) is 0 Å². The number of hydrogen-bond acceptors (Lipinski definition) is 3. The Kier molecular flexibility index (Phi) is 8.66. The zero-order valence-electron chi connectivity index (χ0n) is 17.3. The number of carbonyl (C=O) groups is 1. The highest BCUT2D eigenvalue weighted by Gasteiger charge is 2.03. The molecule has 2 amide bonds. The van der Waals surface area contributed by atoms with Crippen molar-refractivity contribution in [3.63, 3.8) is 0 Å². The lowest BCUT2D eigenvalue weighted by atomic mass is 10.2. The molecule has 0 aliphatic heterocycles. The van der Waals surface area contributed by atoms with Crippen LogP contribution in [0.3, 0.4) is 0 Å². The Labute approximate surface area is 168 Å². The standard InChI is InChI=1S/C23H32N2O3/c1-17(2)15-27-21-9-5-19(6-10-21)13-24-23(26)25-14-20-7-11-22(12-8-20)28-16-18(3)4/h5-12,17-18H,13-16H2,1-4H3,(H2,24,25,26). The van der Waals surface area contributed by atoms with Gasteiger partial charge in [0, 0.05) is 13.1 Å². The molecule has 2 aromatic rings. The number of hydrogen-bond donors (Lipinski definition) is 2. The quantitative estimate of drug-likeness (QED) is 0.621. The van der Waals surface area contributed by atoms with Crippen molar-refractivity contribution in [2.75, 3.05) is 13.2 Å². The average Bonchev–Trinajstić information content (AvgIpc) is 2.69. The van der Waals surface area contributed by atoms with E-state index in [0.717, 1.165) is 22.6 Å². The molecule has 0 saturated carbocycles. The van der Waals surface area contributed by atoms with Crippen LogP contribution >= 0.6 is 0 Å². The monoisotopic (exact) mass is 384 g/mol. The maximum atomic E-state index is 12.0. The second kappa shape index (κ2) is 11.2. The van der Waals surface area contributed by atoms with Crippen molar-refractivity contribution < 1.29 is 14.3 Å². The number of benzene rings is 2. The van der Waals surface area contributed by atoms with E-state index in [-0.39, 0.29) is 6.03 Å². The van der Waals surface area contributed by atoms with E-state index in [1.54, 1.807) is 0 Å². The van der Waals surface area contributed by atoms with Crippen molar-refractivity contribution in [1.29, 1.82) is 0 Å². The topological polar surface area (TPSA) is 59.6 Å². The summed E-state index contributed by atoms with van der Waals surface area (Å²) in [7, 11) is 0. The average molecular weight is 385 g/mol. The molecule has 5 heteroatoms. The Hall–Kier alpha value is -2.69. The first-order valence-corrected chi connectivity index (χ1v) is 9.87. The molecule has 5 nitrogen and oxygen atoms in total. The first kappa shape index (κ1) is 21.6. The second-order valence-corrected chi connectivity index (χ2v) is 7.73. The normalized spacial score (nSPS) is 10.8. The third kappa shape index (κ3) is 8.33. The smallest absolute Gasteiger partial charge is 0.315 e. The molecule has 2 aromatic carbocycles. The van der Waals surface area contributed by atoms with Gasteiger partial charge in [-0.05, 0) is 47.2 Å². The van der Waals surface area contributed by atoms with Crippen LogP contribution in [0.25, 0.3) is 0 Å². The maximum Gasteiger partial charge on any atom is 0.315 e. The number of nitrogens with one attached hydrogen (secondary N) is 2. The summed E-state index contributed by atoms with van der Waals surface area (Å²) in [6, 6.07) is 15.4. The van der Waals surface area contributed by atoms with Crippen molar-refractivity contribution in [2.24, 2.45) is 11.8 Å². The first-order chi connectivity index (χ1) is 13.4. The van der Waals surface area contributed by atoms with Crippen molar-refractivity contribution in [1.82, 2.24) is 10.6 Å². The van der Waals surface area contributed by atoms with Crippen molar-refractivity contribution in [2.45, 2.75) is 40.8 Å². The molecule has 0 aromatic heterocycles. The van der Waals surface area contributed by atoms with Gasteiger partial charge in [-0.3, -0.25) is 0 Å². The van der Waals surface area contributed by atoms with E-state index in [1.807, 2.05) is 48.5 Å². The predicted octanol–water partition coefficient (Wildman–Crippen LogP) is 4.76. The Bertz CT molecular complexity index is 648. The molecule has 2 N–H and O–H groups in total. The Morgan fingerprint density at radius 1 is 0.714 bits per heavy atom. The highest BCUT2D eigenvalue weighted by Crippen LogP contribution is 2.14. The van der Waals surface area contributed by atoms with Crippen LogP contribution in [-0.4, -0.2) is 19.2 Å². The molecule has 0 unspecified atom stereocenters. The summed E-state index contributed by atoms with van der Waals surface area (Å²) in [5, 5.41) is 5.73. The van der Waals surface area contributed by atoms with Gasteiger partial charge in [-0.1, -0.05) is 52.0 Å². The zero-order valence-corrected chi connectivity index (χ0v) is 17.3. The van der Waals surface area contributed by atoms with E-state index < -0.39 is 0 Å². The van der Waals surface area contributed by atoms with Gasteiger partial charge in [-0.2, -0.15) is 0 Å². The van der Waals surface area contributed by atoms with Crippen LogP contribution in [0.2, 0.25) is 0 Å². The van der Waals surface area contributed by atoms with Crippen LogP contribution in [0, 0.1) is 11.8 Å². The summed E-state index contributed by atoms with van der Waals surface area (Å²) < 4.78 is 11.3. The van der Waals surface area contributed by atoms with Gasteiger partial charge < -0.3 is 20.1 Å². The van der Waals surface area contributed by atoms with E-state index >= 15 is 0 Å². The summed E-state index contributed by atoms with van der Waals surface area (Å²) in [6.45, 7) is 10.8. The van der Waals surface area contributed by atoms with Gasteiger partial charge in [0.15, 0.2) is 0 Å². The number of ether oxygens (including phenoxy) is 2. The summed E-state index contributed by atoms with van der Waals surface area (Å²) in [6.07, 6.45) is 0. The molecule has 0 radical (unpaired) electrons. The molecule has 0 aliphatic rings. The molecule has 2 rings (SSSR count). The fourth-order valence-corrected chi connectivity index (χ4v) is 2.36. The Morgan fingerprint density at radius 3 is 1.39 bits per heavy atom. The molecule has 0 bridgehead atoms. The molecular weight excluding hydrogens is 352 g/mol. The van der Waals surface area contributed by atoms with Crippen molar-refractivity contribution in [3.05, 3.63) is 59.7 Å². The van der Waals surface area contributed by atoms with Gasteiger partial charge in [0.1, 0.15) is 11.5 Å². The summed E-state index contributed by atoms with van der Waals surface area (Å²) in [5.41, 5.74) is 2.05. The van der Waals surface area contributed by atoms with Crippen LogP contribution in [0.5, 0.6) is 11.5 Å². The molecule has 0 atom stereocenters. The van der Waals surface area contributed by atoms with Gasteiger partial charge >= 0.3 is 6.03 Å². The zero-order chi connectivity index (χ0) is 20.4. The van der Waals surface area contributed by atoms with Gasteiger partial charge in [0.05, 0.1) is 13.2 Å². The van der Waals surface area contributed by atoms with Gasteiger partial charge in [-0.15, -0.1) is 0 Å². The van der Waals surface area contributed by atoms with E-state index in [2.05, 4.69) is 38.3 Å². The third-order valence-corrected chi connectivity index (χ3v) is 3.92. The highest BCUT2D eigenvalue weighted by atomic mass is 16.5. The van der Waals surface area contributed by atoms with E-state index in [9.17, 15) is 4.79 Å². The molecule has 0 aliphatic carbocycles. The van der Waals surface area contributed by atoms with Gasteiger partial charge in [-0.25, -0.2) is 4.79 Å². The van der Waals surface area contributed by atoms with Crippen molar-refractivity contribution in [3.8, 4) is 11.5 Å². The molecule has 0 spiro atoms. The lowest BCUT2D eigenvalue weighted by Gasteiger charge is -2.11. The van der Waals surface area contributed by atoms with Gasteiger partial charge in [0.2, 0.25) is 0 Å². The predicted molar refractivity (Wildman–Crippen MR) is 113 cm³/mol. The molecule has 0 fully saturated rings. The van der Waals surface area contributed by atoms with E-state index in [0.29, 0.717) is 38.1 Å². The number of rotatable bonds is 10. The van der Waals surface area contributed by atoms with Gasteiger partial charge in [0.25, 0.3) is 0 Å². The van der Waals surface area contributed by atoms with Crippen LogP contribution < -0.4 is 20.1 Å². The summed E-state index contributed by atoms with van der Waals surface area (Å²) >= 11 is 0. The highest BCUT2D eigenvalue weighted by molar-refractivity contribution is 5.73. The largest absolute Gasteiger partial charge is 0.493 e. The van der Waals surface area contributed by atoms with Crippen LogP contribution in [0.15, 0.2) is 48.5 Å². The van der Waals surface area contributed by atoms with Crippen LogP contribution in [0.4, 0.5) is 4.79 Å². The summed E-state index contributed by atoms with van der Waals surface area (Å²) in [5.74, 6) is 2.69. The molecule has 0 heterocycles. The number of carbonyl (C=O) groups excluding carboxylic acids is 1. The molecule has 152 valence electrons. The lowest BCUT2D eigenvalue weighted by Crippen LogP contribution is -2.34. The minimum Gasteiger partial charge on any atom is -0.493 e. The molecule has 28 heavy (non-hydrogen) atoms. The number of amides is 2. The minimum absolute atomic E-state index is 0.194. The maximum absolute atomic E-state index is 12.0. The Morgan fingerprint density at radius 2 is 1.07 bits per heavy atom. The Balaban J connectivity index is 1.69. The SMILES string of the molecule is CC(C)COc1ccc(CNC(=O)NCc2ccc(OCC(C)C)cc2)cc1. The molecular formula is C23H32N2O3. The third-order valence-electron chi connectivity index (χ3n) is 3.92. The minimum atomic E-state index is -0.194. The lowest BCUT2D eigenvalue weighted by molar-refractivity contribution is 0.240.